The molecular formula is C14H23N. The van der Waals surface area contributed by atoms with Crippen LogP contribution in [0.1, 0.15) is 32.4 Å². The zero-order chi connectivity index (χ0) is 11.4. The van der Waals surface area contributed by atoms with Crippen molar-refractivity contribution in [2.24, 2.45) is 11.8 Å². The molecule has 84 valence electrons. The van der Waals surface area contributed by atoms with Crippen LogP contribution in [0.4, 0.5) is 0 Å². The van der Waals surface area contributed by atoms with Crippen molar-refractivity contribution in [3.8, 4) is 0 Å². The third-order valence-corrected chi connectivity index (χ3v) is 3.25. The predicted octanol–water partition coefficient (Wildman–Crippen LogP) is 3.58. The summed E-state index contributed by atoms with van der Waals surface area (Å²) < 4.78 is 0. The van der Waals surface area contributed by atoms with Crippen LogP contribution in [0.5, 0.6) is 0 Å². The normalized spacial score (nSPS) is 15.7. The summed E-state index contributed by atoms with van der Waals surface area (Å²) in [7, 11) is 4.33. The first-order valence-electron chi connectivity index (χ1n) is 5.75. The summed E-state index contributed by atoms with van der Waals surface area (Å²) in [5, 5.41) is 0. The van der Waals surface area contributed by atoms with E-state index < -0.39 is 0 Å². The zero-order valence-corrected chi connectivity index (χ0v) is 10.6. The molecule has 1 aromatic carbocycles. The van der Waals surface area contributed by atoms with Gasteiger partial charge in [0.05, 0.1) is 0 Å². The fraction of sp³-hybridized carbons (Fsp3) is 0.571. The van der Waals surface area contributed by atoms with Gasteiger partial charge in [0.15, 0.2) is 0 Å². The summed E-state index contributed by atoms with van der Waals surface area (Å²) in [5.74, 6) is 1.38. The molecule has 0 aromatic heterocycles. The highest BCUT2D eigenvalue weighted by atomic mass is 15.1. The van der Waals surface area contributed by atoms with Gasteiger partial charge in [-0.15, -0.1) is 0 Å². The minimum atomic E-state index is 0.520. The van der Waals surface area contributed by atoms with E-state index in [4.69, 9.17) is 0 Å². The Hall–Kier alpha value is -0.820. The molecular weight excluding hydrogens is 182 g/mol. The second-order valence-corrected chi connectivity index (χ2v) is 4.92. The molecule has 0 aliphatic carbocycles. The lowest BCUT2D eigenvalue weighted by Gasteiger charge is -2.33. The Bertz CT molecular complexity index is 277. The molecule has 1 rings (SSSR count). The first-order chi connectivity index (χ1) is 7.04. The molecule has 15 heavy (non-hydrogen) atoms. The van der Waals surface area contributed by atoms with Gasteiger partial charge in [-0.05, 0) is 31.5 Å². The zero-order valence-electron chi connectivity index (χ0n) is 10.6. The summed E-state index contributed by atoms with van der Waals surface area (Å²) in [6.45, 7) is 6.93. The van der Waals surface area contributed by atoms with Crippen molar-refractivity contribution < 1.29 is 0 Å². The van der Waals surface area contributed by atoms with E-state index in [2.05, 4.69) is 70.1 Å². The second kappa shape index (κ2) is 5.32. The molecule has 0 bridgehead atoms. The third kappa shape index (κ3) is 3.07. The molecule has 0 radical (unpaired) electrons. The van der Waals surface area contributed by atoms with Crippen molar-refractivity contribution in [3.05, 3.63) is 35.9 Å². The van der Waals surface area contributed by atoms with Crippen LogP contribution in [0.15, 0.2) is 30.3 Å². The van der Waals surface area contributed by atoms with Crippen LogP contribution in [0.25, 0.3) is 0 Å². The van der Waals surface area contributed by atoms with Gasteiger partial charge in [-0.3, -0.25) is 0 Å². The molecule has 1 nitrogen and oxygen atoms in total. The Morgan fingerprint density at radius 3 is 1.87 bits per heavy atom. The van der Waals surface area contributed by atoms with Crippen LogP contribution in [0, 0.1) is 11.8 Å². The minimum absolute atomic E-state index is 0.520. The molecule has 0 unspecified atom stereocenters. The molecule has 0 saturated carbocycles. The van der Waals surface area contributed by atoms with Crippen molar-refractivity contribution in [3.63, 3.8) is 0 Å². The maximum absolute atomic E-state index is 2.34. The van der Waals surface area contributed by atoms with E-state index in [0.717, 1.165) is 0 Å². The second-order valence-electron chi connectivity index (χ2n) is 4.92. The average molecular weight is 205 g/mol. The summed E-state index contributed by atoms with van der Waals surface area (Å²) in [4.78, 5) is 2.32. The molecule has 0 heterocycles. The molecule has 0 aliphatic rings. The lowest BCUT2D eigenvalue weighted by molar-refractivity contribution is 0.184. The molecule has 0 spiro atoms. The van der Waals surface area contributed by atoms with Crippen molar-refractivity contribution in [2.45, 2.75) is 26.8 Å². The van der Waals surface area contributed by atoms with Gasteiger partial charge in [0, 0.05) is 6.04 Å². The average Bonchev–Trinajstić information content (AvgIpc) is 2.18. The van der Waals surface area contributed by atoms with Gasteiger partial charge in [-0.2, -0.15) is 0 Å². The fourth-order valence-electron chi connectivity index (χ4n) is 2.09. The molecule has 0 fully saturated rings. The largest absolute Gasteiger partial charge is 0.302 e. The van der Waals surface area contributed by atoms with Gasteiger partial charge in [0.1, 0.15) is 0 Å². The van der Waals surface area contributed by atoms with E-state index in [1.165, 1.54) is 5.56 Å². The Labute approximate surface area is 94.1 Å². The van der Waals surface area contributed by atoms with Crippen LogP contribution >= 0.6 is 0 Å². The van der Waals surface area contributed by atoms with E-state index in [9.17, 15) is 0 Å². The molecule has 1 heteroatoms. The highest BCUT2D eigenvalue weighted by Crippen LogP contribution is 2.31. The van der Waals surface area contributed by atoms with E-state index in [0.29, 0.717) is 17.9 Å². The van der Waals surface area contributed by atoms with E-state index in [1.54, 1.807) is 0 Å². The minimum Gasteiger partial charge on any atom is -0.302 e. The van der Waals surface area contributed by atoms with E-state index in [1.807, 2.05) is 0 Å². The molecule has 1 aromatic rings. The van der Waals surface area contributed by atoms with Gasteiger partial charge in [0.2, 0.25) is 0 Å². The third-order valence-electron chi connectivity index (χ3n) is 3.25. The van der Waals surface area contributed by atoms with Crippen LogP contribution in [-0.4, -0.2) is 19.0 Å². The van der Waals surface area contributed by atoms with E-state index in [-0.39, 0.29) is 0 Å². The molecule has 0 N–H and O–H groups in total. The number of hydrogen-bond acceptors (Lipinski definition) is 1. The van der Waals surface area contributed by atoms with E-state index >= 15 is 0 Å². The fourth-order valence-corrected chi connectivity index (χ4v) is 2.09. The Kier molecular flexibility index (Phi) is 4.34. The molecule has 0 saturated heterocycles. The highest BCUT2D eigenvalue weighted by Gasteiger charge is 2.23. The lowest BCUT2D eigenvalue weighted by atomic mass is 9.85. The smallest absolute Gasteiger partial charge is 0.0370 e. The summed E-state index contributed by atoms with van der Waals surface area (Å²) in [6, 6.07) is 11.3. The van der Waals surface area contributed by atoms with Crippen LogP contribution < -0.4 is 0 Å². The summed E-state index contributed by atoms with van der Waals surface area (Å²) >= 11 is 0. The van der Waals surface area contributed by atoms with Gasteiger partial charge < -0.3 is 4.90 Å². The highest BCUT2D eigenvalue weighted by molar-refractivity contribution is 5.19. The van der Waals surface area contributed by atoms with Gasteiger partial charge >= 0.3 is 0 Å². The van der Waals surface area contributed by atoms with Crippen LogP contribution in [-0.2, 0) is 0 Å². The molecule has 2 atom stereocenters. The van der Waals surface area contributed by atoms with Crippen LogP contribution in [0.2, 0.25) is 0 Å². The number of rotatable bonds is 4. The first-order valence-corrected chi connectivity index (χ1v) is 5.75. The number of nitrogens with zero attached hydrogens (tertiary/aromatic N) is 1. The predicted molar refractivity (Wildman–Crippen MR) is 66.9 cm³/mol. The molecule has 0 aliphatic heterocycles. The SMILES string of the molecule is CC(C)[C@H](C)[C@@H](c1ccccc1)N(C)C. The number of benzene rings is 1. The molecule has 0 amide bonds. The Balaban J connectivity index is 2.93. The van der Waals surface area contributed by atoms with Crippen molar-refractivity contribution in [1.82, 2.24) is 4.90 Å². The van der Waals surface area contributed by atoms with Gasteiger partial charge in [-0.1, -0.05) is 51.1 Å². The van der Waals surface area contributed by atoms with Gasteiger partial charge in [0.25, 0.3) is 0 Å². The number of hydrogen-bond donors (Lipinski definition) is 0. The monoisotopic (exact) mass is 205 g/mol. The van der Waals surface area contributed by atoms with Crippen molar-refractivity contribution >= 4 is 0 Å². The summed E-state index contributed by atoms with van der Waals surface area (Å²) in [6.07, 6.45) is 0. The Morgan fingerprint density at radius 1 is 0.933 bits per heavy atom. The standard InChI is InChI=1S/C14H23N/c1-11(2)12(3)14(15(4)5)13-9-7-6-8-10-13/h6-12,14H,1-5H3/t12-,14-/m0/s1. The van der Waals surface area contributed by atoms with Crippen molar-refractivity contribution in [2.75, 3.05) is 14.1 Å². The van der Waals surface area contributed by atoms with Crippen LogP contribution in [0.3, 0.4) is 0 Å². The maximum Gasteiger partial charge on any atom is 0.0370 e. The maximum atomic E-state index is 2.34. The summed E-state index contributed by atoms with van der Waals surface area (Å²) in [5.41, 5.74) is 1.42. The lowest BCUT2D eigenvalue weighted by Crippen LogP contribution is -2.28. The van der Waals surface area contributed by atoms with Crippen molar-refractivity contribution in [1.29, 1.82) is 0 Å². The topological polar surface area (TPSA) is 3.24 Å². The van der Waals surface area contributed by atoms with Gasteiger partial charge in [-0.25, -0.2) is 0 Å². The first kappa shape index (κ1) is 12.3. The quantitative estimate of drug-likeness (QED) is 0.726. The Morgan fingerprint density at radius 2 is 1.47 bits per heavy atom.